The van der Waals surface area contributed by atoms with Crippen molar-refractivity contribution in [3.05, 3.63) is 54.5 Å². The molecule has 0 aliphatic carbocycles. The van der Waals surface area contributed by atoms with E-state index < -0.39 is 10.0 Å². The summed E-state index contributed by atoms with van der Waals surface area (Å²) in [5.74, 6) is 1.05. The maximum Gasteiger partial charge on any atom is 0.245 e. The minimum Gasteiger partial charge on any atom is -0.384 e. The van der Waals surface area contributed by atoms with Crippen molar-refractivity contribution in [2.45, 2.75) is 62.0 Å². The van der Waals surface area contributed by atoms with Crippen molar-refractivity contribution in [2.24, 2.45) is 0 Å². The van der Waals surface area contributed by atoms with Crippen LogP contribution in [0.25, 0.3) is 22.3 Å². The van der Waals surface area contributed by atoms with Crippen molar-refractivity contribution in [1.29, 1.82) is 0 Å². The summed E-state index contributed by atoms with van der Waals surface area (Å²) in [6.45, 7) is 1.95. The van der Waals surface area contributed by atoms with Crippen LogP contribution in [-0.2, 0) is 10.0 Å². The summed E-state index contributed by atoms with van der Waals surface area (Å²) in [5.41, 5.74) is 9.38. The summed E-state index contributed by atoms with van der Waals surface area (Å²) < 4.78 is 28.6. The van der Waals surface area contributed by atoms with Crippen LogP contribution in [-0.4, -0.2) is 56.0 Å². The van der Waals surface area contributed by atoms with Gasteiger partial charge in [-0.15, -0.1) is 0 Å². The Balaban J connectivity index is 1.28. The fraction of sp³-hybridized carbons (Fsp3) is 0.360. The molecule has 2 saturated heterocycles. The summed E-state index contributed by atoms with van der Waals surface area (Å²) in [5, 5.41) is 11.7. The molecule has 0 aromatic carbocycles. The van der Waals surface area contributed by atoms with Gasteiger partial charge < -0.3 is 11.1 Å². The molecule has 36 heavy (non-hydrogen) atoms. The molecule has 2 aliphatic heterocycles. The minimum absolute atomic E-state index is 0.0693. The van der Waals surface area contributed by atoms with E-state index in [1.807, 2.05) is 25.1 Å². The van der Waals surface area contributed by atoms with E-state index >= 15 is 0 Å². The number of anilines is 2. The monoisotopic (exact) mass is 504 g/mol. The minimum atomic E-state index is -3.60. The van der Waals surface area contributed by atoms with Crippen LogP contribution in [0.5, 0.6) is 0 Å². The Bertz CT molecular complexity index is 1510. The van der Waals surface area contributed by atoms with Gasteiger partial charge in [-0.3, -0.25) is 10.1 Å². The van der Waals surface area contributed by atoms with Crippen molar-refractivity contribution in [3.63, 3.8) is 0 Å². The highest BCUT2D eigenvalue weighted by atomic mass is 32.2. The van der Waals surface area contributed by atoms with Gasteiger partial charge in [0.2, 0.25) is 10.0 Å². The number of aromatic nitrogens is 5. The Morgan fingerprint density at radius 2 is 1.89 bits per heavy atom. The van der Waals surface area contributed by atoms with Gasteiger partial charge in [-0.05, 0) is 62.9 Å². The van der Waals surface area contributed by atoms with Gasteiger partial charge in [0, 0.05) is 47.7 Å². The third kappa shape index (κ3) is 4.07. The van der Waals surface area contributed by atoms with E-state index in [0.29, 0.717) is 24.5 Å². The summed E-state index contributed by atoms with van der Waals surface area (Å²) in [7, 11) is -3.60. The number of hydrogen-bond acceptors (Lipinski definition) is 8. The number of rotatable bonds is 5. The van der Waals surface area contributed by atoms with Gasteiger partial charge in [-0.2, -0.15) is 9.40 Å². The van der Waals surface area contributed by atoms with Crippen LogP contribution in [0.4, 0.5) is 11.6 Å². The number of nitrogens with zero attached hydrogens (tertiary/aromatic N) is 5. The third-order valence-electron chi connectivity index (χ3n) is 7.13. The molecule has 0 spiro atoms. The molecular weight excluding hydrogens is 476 g/mol. The van der Waals surface area contributed by atoms with Crippen LogP contribution in [0.2, 0.25) is 0 Å². The van der Waals surface area contributed by atoms with E-state index in [2.05, 4.69) is 25.5 Å². The van der Waals surface area contributed by atoms with Crippen molar-refractivity contribution >= 4 is 32.6 Å². The highest BCUT2D eigenvalue weighted by Crippen LogP contribution is 2.39. The molecule has 0 radical (unpaired) electrons. The highest BCUT2D eigenvalue weighted by molar-refractivity contribution is 7.89. The first-order valence-electron chi connectivity index (χ1n) is 12.2. The molecule has 4 aromatic heterocycles. The van der Waals surface area contributed by atoms with Crippen LogP contribution in [0.3, 0.4) is 0 Å². The molecule has 10 nitrogen and oxygen atoms in total. The van der Waals surface area contributed by atoms with Crippen LogP contribution < -0.4 is 11.1 Å². The average Bonchev–Trinajstić information content (AvgIpc) is 3.30. The Morgan fingerprint density at radius 3 is 2.58 bits per heavy atom. The number of aryl methyl sites for hydroxylation is 1. The molecule has 2 aliphatic rings. The maximum atomic E-state index is 13.5. The molecule has 4 aromatic rings. The Kier molecular flexibility index (Phi) is 5.60. The largest absolute Gasteiger partial charge is 0.384 e. The molecule has 0 amide bonds. The molecule has 2 bridgehead atoms. The van der Waals surface area contributed by atoms with E-state index in [1.54, 1.807) is 28.7 Å². The molecule has 2 fully saturated rings. The van der Waals surface area contributed by atoms with Gasteiger partial charge in [0.25, 0.3) is 0 Å². The lowest BCUT2D eigenvalue weighted by Crippen LogP contribution is -2.56. The van der Waals surface area contributed by atoms with E-state index in [1.165, 1.54) is 6.20 Å². The van der Waals surface area contributed by atoms with Crippen molar-refractivity contribution in [3.8, 4) is 11.4 Å². The second-order valence-electron chi connectivity index (χ2n) is 9.67. The van der Waals surface area contributed by atoms with Gasteiger partial charge in [0.1, 0.15) is 22.2 Å². The van der Waals surface area contributed by atoms with E-state index in [0.717, 1.165) is 47.2 Å². The number of sulfonamides is 1. The SMILES string of the molecule is Cc1cc(-c2ccc3c(NC4C[C@H]5CCC[C@@H](C4)N5S(=O)(=O)c4cccnc4)nc(N)cc3n2)n[nH]1. The van der Waals surface area contributed by atoms with Gasteiger partial charge in [-0.25, -0.2) is 18.4 Å². The zero-order valence-electron chi connectivity index (χ0n) is 19.9. The highest BCUT2D eigenvalue weighted by Gasteiger charge is 2.45. The number of nitrogens with one attached hydrogen (secondary N) is 2. The fourth-order valence-corrected chi connectivity index (χ4v) is 7.47. The van der Waals surface area contributed by atoms with Crippen LogP contribution in [0.15, 0.2) is 53.7 Å². The van der Waals surface area contributed by atoms with E-state index in [9.17, 15) is 8.42 Å². The predicted molar refractivity (Wildman–Crippen MR) is 138 cm³/mol. The van der Waals surface area contributed by atoms with E-state index in [-0.39, 0.29) is 23.0 Å². The van der Waals surface area contributed by atoms with E-state index in [4.69, 9.17) is 10.7 Å². The zero-order chi connectivity index (χ0) is 24.9. The van der Waals surface area contributed by atoms with Gasteiger partial charge >= 0.3 is 0 Å². The Hall–Kier alpha value is -3.57. The average molecular weight is 505 g/mol. The number of nitrogen functional groups attached to an aromatic ring is 1. The third-order valence-corrected chi connectivity index (χ3v) is 9.12. The Morgan fingerprint density at radius 1 is 1.08 bits per heavy atom. The first-order valence-corrected chi connectivity index (χ1v) is 13.6. The predicted octanol–water partition coefficient (Wildman–Crippen LogP) is 3.49. The Labute approximate surface area is 209 Å². The van der Waals surface area contributed by atoms with Crippen LogP contribution in [0, 0.1) is 6.92 Å². The quantitative estimate of drug-likeness (QED) is 0.375. The molecular formula is C25H28N8O2S. The van der Waals surface area contributed by atoms with Crippen LogP contribution in [0.1, 0.15) is 37.8 Å². The normalized spacial score (nSPS) is 22.5. The molecule has 6 rings (SSSR count). The number of H-pyrrole nitrogens is 1. The molecule has 1 unspecified atom stereocenters. The summed E-state index contributed by atoms with van der Waals surface area (Å²) in [6, 6.07) is 10.9. The number of fused-ring (bicyclic) bond motifs is 3. The first kappa shape index (κ1) is 22.9. The summed E-state index contributed by atoms with van der Waals surface area (Å²) >= 11 is 0. The first-order chi connectivity index (χ1) is 17.4. The summed E-state index contributed by atoms with van der Waals surface area (Å²) in [4.78, 5) is 13.6. The smallest absolute Gasteiger partial charge is 0.245 e. The lowest BCUT2D eigenvalue weighted by molar-refractivity contribution is 0.116. The number of piperidine rings is 2. The molecule has 11 heteroatoms. The zero-order valence-corrected chi connectivity index (χ0v) is 20.7. The van der Waals surface area contributed by atoms with Crippen LogP contribution >= 0.6 is 0 Å². The standard InChI is InChI=1S/C25H28N8O2S/c1-15-10-23(32-31-15)21-8-7-20-22(29-21)13-24(26)30-25(20)28-16-11-17-4-2-5-18(12-16)33(17)36(34,35)19-6-3-9-27-14-19/h3,6-10,13-14,16-18H,2,4-5,11-12H2,1H3,(H,31,32)(H3,26,28,30)/t16?,17-,18+. The van der Waals surface area contributed by atoms with Gasteiger partial charge in [-0.1, -0.05) is 6.42 Å². The maximum absolute atomic E-state index is 13.5. The number of pyridine rings is 3. The topological polar surface area (TPSA) is 143 Å². The second kappa shape index (κ2) is 8.82. The number of nitrogens with two attached hydrogens (primary N) is 1. The fourth-order valence-electron chi connectivity index (χ4n) is 5.61. The lowest BCUT2D eigenvalue weighted by Gasteiger charge is -2.47. The molecule has 4 N–H and O–H groups in total. The van der Waals surface area contributed by atoms with Gasteiger partial charge in [0.15, 0.2) is 0 Å². The number of aromatic amines is 1. The molecule has 6 heterocycles. The van der Waals surface area contributed by atoms with Gasteiger partial charge in [0.05, 0.1) is 11.2 Å². The van der Waals surface area contributed by atoms with Crippen molar-refractivity contribution in [1.82, 2.24) is 29.5 Å². The molecule has 186 valence electrons. The van der Waals surface area contributed by atoms with Crippen molar-refractivity contribution in [2.75, 3.05) is 11.1 Å². The number of hydrogen-bond donors (Lipinski definition) is 3. The molecule has 3 atom stereocenters. The lowest BCUT2D eigenvalue weighted by atomic mass is 9.84. The summed E-state index contributed by atoms with van der Waals surface area (Å²) in [6.07, 6.45) is 7.13. The molecule has 0 saturated carbocycles. The van der Waals surface area contributed by atoms with Crippen molar-refractivity contribution < 1.29 is 8.42 Å². The second-order valence-corrected chi connectivity index (χ2v) is 11.5.